The molecule has 0 aliphatic heterocycles. The lowest BCUT2D eigenvalue weighted by atomic mass is 9.58. The number of aryl methyl sites for hydroxylation is 1. The van der Waals surface area contributed by atoms with E-state index >= 15 is 0 Å². The van der Waals surface area contributed by atoms with Gasteiger partial charge in [-0.3, -0.25) is 0 Å². The Labute approximate surface area is 179 Å². The summed E-state index contributed by atoms with van der Waals surface area (Å²) in [6.07, 6.45) is 8.21. The number of imidazole rings is 1. The molecule has 30 heavy (non-hydrogen) atoms. The van der Waals surface area contributed by atoms with E-state index in [1.54, 1.807) is 11.1 Å². The maximum Gasteiger partial charge on any atom is 0.107 e. The maximum absolute atomic E-state index is 6.23. The summed E-state index contributed by atoms with van der Waals surface area (Å²) in [4.78, 5) is 8.10. The molecular weight excluding hydrogens is 370 g/mol. The molecule has 1 fully saturated rings. The molecule has 2 bridgehead atoms. The van der Waals surface area contributed by atoms with Gasteiger partial charge in [0.1, 0.15) is 5.82 Å². The van der Waals surface area contributed by atoms with Gasteiger partial charge in [0.25, 0.3) is 0 Å². The topological polar surface area (TPSA) is 49.9 Å². The van der Waals surface area contributed by atoms with Gasteiger partial charge in [-0.25, -0.2) is 4.98 Å². The van der Waals surface area contributed by atoms with Crippen molar-refractivity contribution < 1.29 is 4.74 Å². The zero-order valence-corrected chi connectivity index (χ0v) is 18.0. The van der Waals surface area contributed by atoms with Gasteiger partial charge in [0, 0.05) is 19.4 Å². The molecule has 1 heterocycles. The Morgan fingerprint density at radius 3 is 2.73 bits per heavy atom. The molecule has 0 spiro atoms. The highest BCUT2D eigenvalue weighted by Gasteiger charge is 2.49. The number of nitrogens with one attached hydrogen (secondary N) is 2. The molecule has 4 heteroatoms. The van der Waals surface area contributed by atoms with Gasteiger partial charge in [0.15, 0.2) is 0 Å². The molecule has 2 aromatic carbocycles. The number of aromatic nitrogens is 2. The molecule has 2 N–H and O–H groups in total. The second-order valence-electron chi connectivity index (χ2n) is 9.09. The largest absolute Gasteiger partial charge is 0.378 e. The molecule has 0 saturated heterocycles. The van der Waals surface area contributed by atoms with Crippen LogP contribution < -0.4 is 5.32 Å². The van der Waals surface area contributed by atoms with Gasteiger partial charge in [0.2, 0.25) is 0 Å². The third kappa shape index (κ3) is 3.67. The normalized spacial score (nSPS) is 25.0. The van der Waals surface area contributed by atoms with Crippen LogP contribution in [0.1, 0.15) is 67.3 Å². The molecule has 158 valence electrons. The molecule has 3 aromatic rings. The van der Waals surface area contributed by atoms with Crippen LogP contribution in [-0.2, 0) is 11.2 Å². The minimum Gasteiger partial charge on any atom is -0.378 e. The van der Waals surface area contributed by atoms with Crippen LogP contribution in [0, 0.1) is 0 Å². The van der Waals surface area contributed by atoms with Crippen molar-refractivity contribution in [1.29, 1.82) is 0 Å². The summed E-state index contributed by atoms with van der Waals surface area (Å²) in [7, 11) is 1.93. The Morgan fingerprint density at radius 2 is 1.87 bits per heavy atom. The van der Waals surface area contributed by atoms with Gasteiger partial charge in [-0.05, 0) is 80.8 Å². The van der Waals surface area contributed by atoms with Gasteiger partial charge in [-0.15, -0.1) is 0 Å². The van der Waals surface area contributed by atoms with Crippen molar-refractivity contribution in [3.63, 3.8) is 0 Å². The highest BCUT2D eigenvalue weighted by Crippen LogP contribution is 2.56. The van der Waals surface area contributed by atoms with Crippen LogP contribution in [0.3, 0.4) is 0 Å². The average molecular weight is 404 g/mol. The fourth-order valence-corrected chi connectivity index (χ4v) is 5.89. The van der Waals surface area contributed by atoms with Crippen molar-refractivity contribution in [3.05, 3.63) is 65.5 Å². The Hall–Kier alpha value is -2.17. The summed E-state index contributed by atoms with van der Waals surface area (Å²) in [5.74, 6) is 2.33. The van der Waals surface area contributed by atoms with Crippen molar-refractivity contribution in [2.75, 3.05) is 20.2 Å². The molecule has 6 rings (SSSR count). The van der Waals surface area contributed by atoms with Crippen LogP contribution in [0.2, 0.25) is 0 Å². The minimum atomic E-state index is 0.0124. The number of rotatable bonds is 9. The number of ether oxygens (including phenoxy) is 1. The summed E-state index contributed by atoms with van der Waals surface area (Å²) in [5, 5.41) is 3.68. The fourth-order valence-electron chi connectivity index (χ4n) is 5.89. The molecule has 0 radical (unpaired) electrons. The quantitative estimate of drug-likeness (QED) is 0.476. The molecule has 1 unspecified atom stereocenters. The van der Waals surface area contributed by atoms with Crippen molar-refractivity contribution >= 4 is 11.0 Å². The number of benzene rings is 2. The molecule has 3 aliphatic carbocycles. The average Bonchev–Trinajstić information content (AvgIpc) is 3.22. The number of methoxy groups -OCH3 is 1. The first-order chi connectivity index (χ1) is 14.8. The van der Waals surface area contributed by atoms with Crippen LogP contribution in [0.25, 0.3) is 11.0 Å². The van der Waals surface area contributed by atoms with E-state index in [2.05, 4.69) is 57.7 Å². The number of hydrogen-bond donors (Lipinski definition) is 2. The Bertz CT molecular complexity index is 964. The summed E-state index contributed by atoms with van der Waals surface area (Å²) >= 11 is 0. The number of para-hydroxylation sites is 2. The zero-order chi connectivity index (χ0) is 20.4. The molecule has 3 aliphatic rings. The van der Waals surface area contributed by atoms with Crippen molar-refractivity contribution in [1.82, 2.24) is 15.3 Å². The van der Waals surface area contributed by atoms with Gasteiger partial charge < -0.3 is 15.0 Å². The first kappa shape index (κ1) is 19.8. The lowest BCUT2D eigenvalue weighted by Gasteiger charge is -2.52. The lowest BCUT2D eigenvalue weighted by Crippen LogP contribution is -2.48. The van der Waals surface area contributed by atoms with Crippen LogP contribution in [-0.4, -0.2) is 35.8 Å². The van der Waals surface area contributed by atoms with Crippen LogP contribution in [0.15, 0.2) is 48.5 Å². The van der Waals surface area contributed by atoms with Crippen LogP contribution in [0.4, 0.5) is 0 Å². The smallest absolute Gasteiger partial charge is 0.107 e. The molecular formula is C26H33N3O. The van der Waals surface area contributed by atoms with Crippen molar-refractivity contribution in [3.8, 4) is 0 Å². The van der Waals surface area contributed by atoms with Crippen LogP contribution in [0.5, 0.6) is 0 Å². The second-order valence-corrected chi connectivity index (χ2v) is 9.09. The SMILES string of the molecule is CO[C@@]1(CCNCCCCc2nc3ccccc3[nH]2)CC2CC[C@@H]1c1ccccc12. The monoisotopic (exact) mass is 403 g/mol. The lowest BCUT2D eigenvalue weighted by molar-refractivity contribution is -0.0752. The second kappa shape index (κ2) is 8.52. The zero-order valence-electron chi connectivity index (χ0n) is 18.0. The fraction of sp³-hybridized carbons (Fsp3) is 0.500. The molecule has 1 saturated carbocycles. The van der Waals surface area contributed by atoms with Crippen LogP contribution >= 0.6 is 0 Å². The number of fused-ring (bicyclic) bond motifs is 3. The van der Waals surface area contributed by atoms with Crippen molar-refractivity contribution in [2.45, 2.75) is 62.4 Å². The Balaban J connectivity index is 1.08. The molecule has 4 nitrogen and oxygen atoms in total. The summed E-state index contributed by atoms with van der Waals surface area (Å²) in [5.41, 5.74) is 5.35. The maximum atomic E-state index is 6.23. The van der Waals surface area contributed by atoms with E-state index < -0.39 is 0 Å². The molecule has 0 amide bonds. The van der Waals surface area contributed by atoms with Crippen molar-refractivity contribution in [2.24, 2.45) is 0 Å². The van der Waals surface area contributed by atoms with Gasteiger partial charge >= 0.3 is 0 Å². The minimum absolute atomic E-state index is 0.0124. The number of unbranched alkanes of at least 4 members (excludes halogenated alkanes) is 1. The third-order valence-corrected chi connectivity index (χ3v) is 7.43. The highest BCUT2D eigenvalue weighted by molar-refractivity contribution is 5.74. The van der Waals surface area contributed by atoms with Gasteiger partial charge in [0.05, 0.1) is 16.6 Å². The summed E-state index contributed by atoms with van der Waals surface area (Å²) < 4.78 is 6.23. The van der Waals surface area contributed by atoms with E-state index in [4.69, 9.17) is 4.74 Å². The predicted octanol–water partition coefficient (Wildman–Crippen LogP) is 5.32. The van der Waals surface area contributed by atoms with E-state index in [1.165, 1.54) is 25.7 Å². The first-order valence-corrected chi connectivity index (χ1v) is 11.6. The van der Waals surface area contributed by atoms with E-state index in [1.807, 2.05) is 13.2 Å². The van der Waals surface area contributed by atoms with E-state index in [-0.39, 0.29) is 5.60 Å². The van der Waals surface area contributed by atoms with Gasteiger partial charge in [-0.1, -0.05) is 36.4 Å². The van der Waals surface area contributed by atoms with E-state index in [9.17, 15) is 0 Å². The number of aromatic amines is 1. The number of nitrogens with zero attached hydrogens (tertiary/aromatic N) is 1. The first-order valence-electron chi connectivity index (χ1n) is 11.6. The van der Waals surface area contributed by atoms with E-state index in [0.29, 0.717) is 11.8 Å². The third-order valence-electron chi connectivity index (χ3n) is 7.43. The summed E-state index contributed by atoms with van der Waals surface area (Å²) in [6.45, 7) is 2.09. The number of hydrogen-bond acceptors (Lipinski definition) is 3. The van der Waals surface area contributed by atoms with Gasteiger partial charge in [-0.2, -0.15) is 0 Å². The predicted molar refractivity (Wildman–Crippen MR) is 122 cm³/mol. The standard InChI is InChI=1S/C26H33N3O/c1-30-26(18-19-13-14-22(26)21-9-3-2-8-20(19)21)15-17-27-16-7-6-12-25-28-23-10-4-5-11-24(23)29-25/h2-5,8-11,19,22,27H,6-7,12-18H2,1H3,(H,28,29)/t19?,22-,26+/m1/s1. The van der Waals surface area contributed by atoms with E-state index in [0.717, 1.165) is 49.2 Å². The Kier molecular flexibility index (Phi) is 5.62. The molecule has 3 atom stereocenters. The molecule has 1 aromatic heterocycles. The Morgan fingerprint density at radius 1 is 1.03 bits per heavy atom. The number of H-pyrrole nitrogens is 1. The highest BCUT2D eigenvalue weighted by atomic mass is 16.5. The summed E-state index contributed by atoms with van der Waals surface area (Å²) in [6, 6.07) is 17.3.